The number of benzene rings is 2. The molecule has 0 aliphatic carbocycles. The van der Waals surface area contributed by atoms with Gasteiger partial charge in [-0.2, -0.15) is 0 Å². The molecule has 0 radical (unpaired) electrons. The molecule has 0 aliphatic heterocycles. The second kappa shape index (κ2) is 5.84. The Kier molecular flexibility index (Phi) is 4.16. The van der Waals surface area contributed by atoms with Gasteiger partial charge in [-0.1, -0.05) is 34.1 Å². The fourth-order valence-corrected chi connectivity index (χ4v) is 1.90. The summed E-state index contributed by atoms with van der Waals surface area (Å²) in [6, 6.07) is 11.0. The summed E-state index contributed by atoms with van der Waals surface area (Å²) in [5, 5.41) is 0. The number of anilines is 1. The molecule has 0 bridgehead atoms. The van der Waals surface area contributed by atoms with E-state index < -0.39 is 11.8 Å². The summed E-state index contributed by atoms with van der Waals surface area (Å²) in [5.74, 6) is -0.987. The summed E-state index contributed by atoms with van der Waals surface area (Å²) in [4.78, 5) is 11.9. The normalized spacial score (nSPS) is 10.2. The lowest BCUT2D eigenvalue weighted by Gasteiger charge is -2.08. The van der Waals surface area contributed by atoms with Gasteiger partial charge < -0.3 is 10.5 Å². The molecule has 0 heterocycles. The van der Waals surface area contributed by atoms with Crippen LogP contribution in [-0.2, 0) is 11.3 Å². The zero-order valence-electron chi connectivity index (χ0n) is 9.90. The monoisotopic (exact) mass is 323 g/mol. The first-order chi connectivity index (χ1) is 9.08. The molecular weight excluding hydrogens is 313 g/mol. The number of esters is 1. The Labute approximate surface area is 118 Å². The van der Waals surface area contributed by atoms with Gasteiger partial charge in [0.2, 0.25) is 0 Å². The third kappa shape index (κ3) is 3.32. The van der Waals surface area contributed by atoms with Gasteiger partial charge in [-0.05, 0) is 24.3 Å². The summed E-state index contributed by atoms with van der Waals surface area (Å²) in [6.07, 6.45) is 0. The number of rotatable bonds is 3. The molecule has 0 saturated heterocycles. The van der Waals surface area contributed by atoms with Gasteiger partial charge in [-0.25, -0.2) is 9.18 Å². The van der Waals surface area contributed by atoms with Crippen LogP contribution in [-0.4, -0.2) is 5.97 Å². The minimum Gasteiger partial charge on any atom is -0.457 e. The molecule has 5 heteroatoms. The maximum atomic E-state index is 13.4. The van der Waals surface area contributed by atoms with E-state index in [0.29, 0.717) is 11.3 Å². The highest BCUT2D eigenvalue weighted by Gasteiger charge is 2.12. The van der Waals surface area contributed by atoms with E-state index in [2.05, 4.69) is 15.9 Å². The predicted molar refractivity (Wildman–Crippen MR) is 74.1 cm³/mol. The number of nitrogens with two attached hydrogens (primary N) is 1. The molecule has 0 spiro atoms. The van der Waals surface area contributed by atoms with Crippen LogP contribution in [0.5, 0.6) is 0 Å². The predicted octanol–water partition coefficient (Wildman–Crippen LogP) is 3.53. The number of hydrogen-bond donors (Lipinski definition) is 1. The highest BCUT2D eigenvalue weighted by molar-refractivity contribution is 9.10. The van der Waals surface area contributed by atoms with Gasteiger partial charge in [0.1, 0.15) is 12.4 Å². The van der Waals surface area contributed by atoms with Crippen LogP contribution in [0.3, 0.4) is 0 Å². The van der Waals surface area contributed by atoms with Gasteiger partial charge >= 0.3 is 5.97 Å². The zero-order valence-corrected chi connectivity index (χ0v) is 11.5. The Morgan fingerprint density at radius 3 is 2.74 bits per heavy atom. The van der Waals surface area contributed by atoms with Gasteiger partial charge in [-0.3, -0.25) is 0 Å². The summed E-state index contributed by atoms with van der Waals surface area (Å²) in [6.45, 7) is -0.128. The van der Waals surface area contributed by atoms with E-state index in [1.807, 2.05) is 0 Å². The van der Waals surface area contributed by atoms with Crippen LogP contribution in [0.2, 0.25) is 0 Å². The van der Waals surface area contributed by atoms with Crippen molar-refractivity contribution in [3.63, 3.8) is 0 Å². The molecule has 2 N–H and O–H groups in total. The van der Waals surface area contributed by atoms with Crippen molar-refractivity contribution in [2.45, 2.75) is 6.61 Å². The highest BCUT2D eigenvalue weighted by Crippen LogP contribution is 2.20. The lowest BCUT2D eigenvalue weighted by molar-refractivity contribution is 0.0470. The smallest absolute Gasteiger partial charge is 0.340 e. The molecule has 0 atom stereocenters. The van der Waals surface area contributed by atoms with Crippen molar-refractivity contribution in [1.29, 1.82) is 0 Å². The Hall–Kier alpha value is -1.88. The SMILES string of the molecule is Nc1ccc(Br)cc1C(=O)OCc1ccccc1F. The summed E-state index contributed by atoms with van der Waals surface area (Å²) < 4.78 is 19.1. The van der Waals surface area contributed by atoms with Crippen molar-refractivity contribution < 1.29 is 13.9 Å². The minimum atomic E-state index is -0.581. The number of ether oxygens (including phenoxy) is 1. The third-order valence-corrected chi connectivity index (χ3v) is 3.05. The Balaban J connectivity index is 2.10. The van der Waals surface area contributed by atoms with Crippen molar-refractivity contribution in [2.24, 2.45) is 0 Å². The molecule has 0 amide bonds. The standard InChI is InChI=1S/C14H11BrFNO2/c15-10-5-6-13(17)11(7-10)14(18)19-8-9-3-1-2-4-12(9)16/h1-7H,8,17H2. The molecule has 98 valence electrons. The lowest BCUT2D eigenvalue weighted by Crippen LogP contribution is -2.09. The molecule has 0 saturated carbocycles. The largest absolute Gasteiger partial charge is 0.457 e. The minimum absolute atomic E-state index is 0.128. The van der Waals surface area contributed by atoms with E-state index in [-0.39, 0.29) is 12.2 Å². The van der Waals surface area contributed by atoms with E-state index in [1.165, 1.54) is 6.07 Å². The van der Waals surface area contributed by atoms with Crippen LogP contribution in [0.4, 0.5) is 10.1 Å². The number of nitrogen functional groups attached to an aromatic ring is 1. The number of halogens is 2. The van der Waals surface area contributed by atoms with Crippen LogP contribution < -0.4 is 5.73 Å². The first kappa shape index (κ1) is 13.5. The molecule has 2 aromatic rings. The number of hydrogen-bond acceptors (Lipinski definition) is 3. The van der Waals surface area contributed by atoms with Crippen LogP contribution in [0.15, 0.2) is 46.9 Å². The number of carbonyl (C=O) groups excluding carboxylic acids is 1. The van der Waals surface area contributed by atoms with Gasteiger partial charge in [0, 0.05) is 15.7 Å². The lowest BCUT2D eigenvalue weighted by atomic mass is 10.2. The van der Waals surface area contributed by atoms with Gasteiger partial charge in [0.25, 0.3) is 0 Å². The molecule has 2 aromatic carbocycles. The second-order valence-corrected chi connectivity index (χ2v) is 4.81. The fraction of sp³-hybridized carbons (Fsp3) is 0.0714. The summed E-state index contributed by atoms with van der Waals surface area (Å²) in [5.41, 5.74) is 6.59. The molecule has 19 heavy (non-hydrogen) atoms. The summed E-state index contributed by atoms with van der Waals surface area (Å²) >= 11 is 3.25. The van der Waals surface area contributed by atoms with Crippen LogP contribution in [0.1, 0.15) is 15.9 Å². The maximum Gasteiger partial charge on any atom is 0.340 e. The molecule has 2 rings (SSSR count). The molecule has 3 nitrogen and oxygen atoms in total. The average Bonchev–Trinajstić information content (AvgIpc) is 2.40. The van der Waals surface area contributed by atoms with Crippen molar-refractivity contribution in [1.82, 2.24) is 0 Å². The van der Waals surface area contributed by atoms with Gasteiger partial charge in [0.15, 0.2) is 0 Å². The first-order valence-corrected chi connectivity index (χ1v) is 6.33. The van der Waals surface area contributed by atoms with Gasteiger partial charge in [-0.15, -0.1) is 0 Å². The molecule has 0 fully saturated rings. The topological polar surface area (TPSA) is 52.3 Å². The zero-order chi connectivity index (χ0) is 13.8. The van der Waals surface area contributed by atoms with E-state index in [0.717, 1.165) is 4.47 Å². The molecule has 0 aromatic heterocycles. The van der Waals surface area contributed by atoms with Crippen LogP contribution in [0, 0.1) is 5.82 Å². The maximum absolute atomic E-state index is 13.4. The van der Waals surface area contributed by atoms with Crippen molar-refractivity contribution in [2.75, 3.05) is 5.73 Å². The van der Waals surface area contributed by atoms with Crippen molar-refractivity contribution in [3.05, 3.63) is 63.9 Å². The van der Waals surface area contributed by atoms with Crippen molar-refractivity contribution >= 4 is 27.6 Å². The summed E-state index contributed by atoms with van der Waals surface area (Å²) in [7, 11) is 0. The van der Waals surface area contributed by atoms with E-state index in [9.17, 15) is 9.18 Å². The van der Waals surface area contributed by atoms with Gasteiger partial charge in [0.05, 0.1) is 5.56 Å². The van der Waals surface area contributed by atoms with E-state index in [4.69, 9.17) is 10.5 Å². The Morgan fingerprint density at radius 1 is 1.26 bits per heavy atom. The highest BCUT2D eigenvalue weighted by atomic mass is 79.9. The molecule has 0 unspecified atom stereocenters. The Morgan fingerprint density at radius 2 is 2.00 bits per heavy atom. The first-order valence-electron chi connectivity index (χ1n) is 5.53. The number of carbonyl (C=O) groups is 1. The van der Waals surface area contributed by atoms with E-state index >= 15 is 0 Å². The molecular formula is C14H11BrFNO2. The van der Waals surface area contributed by atoms with E-state index in [1.54, 1.807) is 36.4 Å². The van der Waals surface area contributed by atoms with Crippen LogP contribution >= 0.6 is 15.9 Å². The average molecular weight is 324 g/mol. The Bertz CT molecular complexity index is 616. The molecule has 0 aliphatic rings. The fourth-order valence-electron chi connectivity index (χ4n) is 1.54. The van der Waals surface area contributed by atoms with Crippen molar-refractivity contribution in [3.8, 4) is 0 Å². The quantitative estimate of drug-likeness (QED) is 0.694. The second-order valence-electron chi connectivity index (χ2n) is 3.90. The van der Waals surface area contributed by atoms with Crippen LogP contribution in [0.25, 0.3) is 0 Å². The third-order valence-electron chi connectivity index (χ3n) is 2.55.